The number of anilines is 3. The SMILES string of the molecule is C=CCOC(=O)N[C@H](C(=O)N[C@@H](C)C(=O)Nc1ccc(COC(=O)Nc2cc(OCc3cc(C(=O)OC)cc(COc4cc5c(cc4OC)C(=O)N4CC(=C)C[C@H]4[C@H](OC4CCCCO4)N5C(=O)O)n3)c(OC)cc2C(=O)N2CC(=C)C[C@H]2CO)cc1)C(C)C. The van der Waals surface area contributed by atoms with Crippen molar-refractivity contribution < 1.29 is 91.2 Å². The summed E-state index contributed by atoms with van der Waals surface area (Å²) >= 11 is 0. The Morgan fingerprint density at radius 2 is 1.47 bits per heavy atom. The van der Waals surface area contributed by atoms with Gasteiger partial charge in [0.25, 0.3) is 11.8 Å². The zero-order chi connectivity index (χ0) is 64.9. The summed E-state index contributed by atoms with van der Waals surface area (Å²) in [5.74, 6) is -3.14. The largest absolute Gasteiger partial charge is 0.493 e. The fourth-order valence-electron chi connectivity index (χ4n) is 10.6. The van der Waals surface area contributed by atoms with Crippen LogP contribution in [0.15, 0.2) is 97.6 Å². The lowest BCUT2D eigenvalue weighted by Gasteiger charge is -2.37. The number of amides is 7. The van der Waals surface area contributed by atoms with Gasteiger partial charge in [0, 0.05) is 37.5 Å². The molecule has 5 heterocycles. The molecule has 3 fully saturated rings. The van der Waals surface area contributed by atoms with Gasteiger partial charge in [0.05, 0.1) is 79.5 Å². The van der Waals surface area contributed by atoms with Crippen molar-refractivity contribution in [2.45, 2.75) is 109 Å². The van der Waals surface area contributed by atoms with Crippen molar-refractivity contribution in [1.29, 1.82) is 0 Å². The van der Waals surface area contributed by atoms with Gasteiger partial charge in [-0.3, -0.25) is 29.5 Å². The molecule has 0 saturated carbocycles. The molecule has 4 aliphatic rings. The van der Waals surface area contributed by atoms with E-state index in [1.807, 2.05) is 0 Å². The van der Waals surface area contributed by atoms with Crippen LogP contribution in [0.1, 0.15) is 101 Å². The molecule has 0 spiro atoms. The zero-order valence-corrected chi connectivity index (χ0v) is 50.8. The highest BCUT2D eigenvalue weighted by atomic mass is 16.7. The fourth-order valence-corrected chi connectivity index (χ4v) is 10.6. The van der Waals surface area contributed by atoms with Gasteiger partial charge in [0.2, 0.25) is 11.8 Å². The molecule has 3 saturated heterocycles. The second kappa shape index (κ2) is 30.0. The van der Waals surface area contributed by atoms with Gasteiger partial charge in [-0.25, -0.2) is 24.1 Å². The van der Waals surface area contributed by atoms with Crippen molar-refractivity contribution in [3.63, 3.8) is 0 Å². The van der Waals surface area contributed by atoms with E-state index in [4.69, 9.17) is 47.6 Å². The molecule has 4 aliphatic heterocycles. The smallest absolute Gasteiger partial charge is 0.414 e. The van der Waals surface area contributed by atoms with Crippen LogP contribution in [-0.4, -0.2) is 164 Å². The first-order chi connectivity index (χ1) is 43.1. The van der Waals surface area contributed by atoms with E-state index in [9.17, 15) is 48.6 Å². The van der Waals surface area contributed by atoms with E-state index >= 15 is 0 Å². The van der Waals surface area contributed by atoms with E-state index in [2.05, 4.69) is 41.0 Å². The summed E-state index contributed by atoms with van der Waals surface area (Å²) in [6.45, 7) is 15.9. The minimum absolute atomic E-state index is 0.00167. The summed E-state index contributed by atoms with van der Waals surface area (Å²) in [6.07, 6.45) is -0.939. The van der Waals surface area contributed by atoms with Gasteiger partial charge in [-0.05, 0) is 86.9 Å². The third-order valence-electron chi connectivity index (χ3n) is 15.1. The van der Waals surface area contributed by atoms with E-state index in [1.165, 1.54) is 75.6 Å². The highest BCUT2D eigenvalue weighted by Gasteiger charge is 2.48. The number of nitrogens with one attached hydrogen (secondary N) is 4. The Labute approximate surface area is 519 Å². The van der Waals surface area contributed by atoms with Gasteiger partial charge in [0.15, 0.2) is 35.5 Å². The van der Waals surface area contributed by atoms with Crippen molar-refractivity contribution in [1.82, 2.24) is 25.4 Å². The van der Waals surface area contributed by atoms with Crippen molar-refractivity contribution in [3.05, 3.63) is 131 Å². The van der Waals surface area contributed by atoms with Crippen LogP contribution in [0.4, 0.5) is 31.4 Å². The number of carbonyl (C=O) groups excluding carboxylic acids is 7. The van der Waals surface area contributed by atoms with Crippen molar-refractivity contribution in [3.8, 4) is 23.0 Å². The highest BCUT2D eigenvalue weighted by Crippen LogP contribution is 2.44. The van der Waals surface area contributed by atoms with Gasteiger partial charge >= 0.3 is 24.2 Å². The number of rotatable bonds is 24. The van der Waals surface area contributed by atoms with Crippen LogP contribution in [0.25, 0.3) is 0 Å². The van der Waals surface area contributed by atoms with Crippen molar-refractivity contribution in [2.24, 2.45) is 5.92 Å². The number of aliphatic hydroxyl groups is 1. The minimum atomic E-state index is -1.40. The van der Waals surface area contributed by atoms with Gasteiger partial charge in [-0.1, -0.05) is 62.9 Å². The average Bonchev–Trinajstić information content (AvgIpc) is 1.61. The second-order valence-corrected chi connectivity index (χ2v) is 22.0. The summed E-state index contributed by atoms with van der Waals surface area (Å²) in [6, 6.07) is 11.3. The van der Waals surface area contributed by atoms with Crippen LogP contribution in [0.3, 0.4) is 0 Å². The third kappa shape index (κ3) is 15.9. The van der Waals surface area contributed by atoms with Crippen LogP contribution in [0.2, 0.25) is 0 Å². The van der Waals surface area contributed by atoms with Crippen LogP contribution >= 0.6 is 0 Å². The first-order valence-electron chi connectivity index (χ1n) is 28.9. The first-order valence-corrected chi connectivity index (χ1v) is 28.9. The molecule has 1 unspecified atom stereocenters. The highest BCUT2D eigenvalue weighted by molar-refractivity contribution is 6.06. The first kappa shape index (κ1) is 66.2. The molecule has 480 valence electrons. The van der Waals surface area contributed by atoms with Crippen molar-refractivity contribution >= 4 is 64.9 Å². The molecule has 0 bridgehead atoms. The number of ether oxygens (including phenoxy) is 9. The molecule has 3 aromatic carbocycles. The number of hydrogen-bond acceptors (Lipinski definition) is 19. The average molecular weight is 1250 g/mol. The Bertz CT molecular complexity index is 3400. The van der Waals surface area contributed by atoms with Gasteiger partial charge in [0.1, 0.15) is 38.5 Å². The Kier molecular flexibility index (Phi) is 22.1. The Hall–Kier alpha value is -9.73. The molecule has 6 atom stereocenters. The Morgan fingerprint density at radius 3 is 2.09 bits per heavy atom. The molecule has 6 N–H and O–H groups in total. The topological polar surface area (TPSA) is 331 Å². The summed E-state index contributed by atoms with van der Waals surface area (Å²) < 4.78 is 51.9. The number of pyridine rings is 1. The number of aliphatic hydroxyl groups excluding tert-OH is 1. The maximum Gasteiger partial charge on any atom is 0.414 e. The predicted molar refractivity (Wildman–Crippen MR) is 323 cm³/mol. The van der Waals surface area contributed by atoms with Crippen LogP contribution in [0, 0.1) is 5.92 Å². The lowest BCUT2D eigenvalue weighted by atomic mass is 10.0. The summed E-state index contributed by atoms with van der Waals surface area (Å²) in [5.41, 5.74) is 2.51. The molecule has 7 amide bonds. The molecule has 90 heavy (non-hydrogen) atoms. The molecule has 0 radical (unpaired) electrons. The minimum Gasteiger partial charge on any atom is -0.493 e. The lowest BCUT2D eigenvalue weighted by molar-refractivity contribution is -0.195. The van der Waals surface area contributed by atoms with Gasteiger partial charge < -0.3 is 78.6 Å². The summed E-state index contributed by atoms with van der Waals surface area (Å²) in [5, 5.41) is 31.5. The van der Waals surface area contributed by atoms with Crippen LogP contribution < -0.4 is 45.1 Å². The summed E-state index contributed by atoms with van der Waals surface area (Å²) in [4.78, 5) is 116. The molecule has 27 heteroatoms. The zero-order valence-electron chi connectivity index (χ0n) is 50.8. The number of esters is 1. The Morgan fingerprint density at radius 1 is 0.789 bits per heavy atom. The van der Waals surface area contributed by atoms with Gasteiger partial charge in [-0.15, -0.1) is 0 Å². The summed E-state index contributed by atoms with van der Waals surface area (Å²) in [7, 11) is 3.89. The maximum atomic E-state index is 14.4. The Balaban J connectivity index is 0.991. The lowest BCUT2D eigenvalue weighted by Crippen LogP contribution is -2.53. The van der Waals surface area contributed by atoms with E-state index < -0.39 is 84.6 Å². The van der Waals surface area contributed by atoms with E-state index in [-0.39, 0.29) is 114 Å². The number of hydrogen-bond donors (Lipinski definition) is 6. The van der Waals surface area contributed by atoms with Crippen molar-refractivity contribution in [2.75, 3.05) is 69.8 Å². The standard InChI is InChI=1S/C63H74N8O19/c1-10-18-86-62(79)68-54(34(2)3)56(74)64-37(6)55(73)66-40-16-14-38(15-17-40)31-89-61(78)67-46-26-51(49(82-7)24-44(46)57(75)69-28-35(4)20-43(69)30-72)87-32-41-22-39(60(77)84-9)23-42(65-41)33-88-52-27-47-45(25-50(52)83-8)58(76)70-29-36(5)21-48(70)59(71(47)63(80)81)90-53-13-11-12-19-85-53/h10,14-17,22-27,34,37,43,48,53-54,59,72H,1,4-5,11-13,18-21,28-33H2,2-3,6-9H3,(H,64,74)(H,66,73)(H,67,78)(H,68,79)(H,80,81)/t37-,43-,48-,53?,54-,59-/m0/s1. The molecule has 4 aromatic rings. The molecular formula is C63H74N8O19. The molecular weight excluding hydrogens is 1170 g/mol. The van der Waals surface area contributed by atoms with E-state index in [1.54, 1.807) is 43.0 Å². The number of nitrogens with zero attached hydrogens (tertiary/aromatic N) is 4. The number of likely N-dealkylation sites (tertiary alicyclic amines) is 1. The predicted octanol–water partition coefficient (Wildman–Crippen LogP) is 7.07. The quantitative estimate of drug-likeness (QED) is 0.0232. The molecule has 1 aromatic heterocycles. The monoisotopic (exact) mass is 1250 g/mol. The number of alkyl carbamates (subject to hydrolysis) is 1. The maximum absolute atomic E-state index is 14.4. The van der Waals surface area contributed by atoms with E-state index in [0.29, 0.717) is 42.7 Å². The number of fused-ring (bicyclic) bond motifs is 2. The van der Waals surface area contributed by atoms with Crippen LogP contribution in [-0.2, 0) is 53.1 Å². The number of carboxylic acid groups (broad SMARTS) is 1. The number of aromatic nitrogens is 1. The normalized spacial score (nSPS) is 18.4. The van der Waals surface area contributed by atoms with Crippen LogP contribution in [0.5, 0.6) is 23.0 Å². The molecule has 27 nitrogen and oxygen atoms in total. The molecule has 8 rings (SSSR count). The number of methoxy groups -OCH3 is 3. The number of carbonyl (C=O) groups is 8. The number of benzene rings is 3. The van der Waals surface area contributed by atoms with E-state index in [0.717, 1.165) is 23.3 Å². The van der Waals surface area contributed by atoms with Gasteiger partial charge in [-0.2, -0.15) is 0 Å². The third-order valence-corrected chi connectivity index (χ3v) is 15.1. The fraction of sp³-hybridized carbons (Fsp3) is 0.413. The molecule has 0 aliphatic carbocycles. The second-order valence-electron chi connectivity index (χ2n) is 22.0.